The Hall–Kier alpha value is -3.60. The monoisotopic (exact) mass is 461 g/mol. The van der Waals surface area contributed by atoms with Gasteiger partial charge in [0.2, 0.25) is 0 Å². The van der Waals surface area contributed by atoms with E-state index in [1.165, 1.54) is 6.08 Å². The van der Waals surface area contributed by atoms with Gasteiger partial charge >= 0.3 is 0 Å². The average Bonchev–Trinajstić information content (AvgIpc) is 3.26. The van der Waals surface area contributed by atoms with Crippen molar-refractivity contribution in [1.29, 1.82) is 0 Å². The average molecular weight is 462 g/mol. The Kier molecular flexibility index (Phi) is 6.55. The van der Waals surface area contributed by atoms with Crippen molar-refractivity contribution < 1.29 is 14.0 Å². The largest absolute Gasteiger partial charge is 0.457 e. The number of furan rings is 1. The molecule has 0 unspecified atom stereocenters. The zero-order chi connectivity index (χ0) is 22.5. The summed E-state index contributed by atoms with van der Waals surface area (Å²) in [6.07, 6.45) is 2.99. The summed E-state index contributed by atoms with van der Waals surface area (Å²) in [5.74, 6) is 0.526. The number of carbonyl (C=O) groups is 2. The van der Waals surface area contributed by atoms with Gasteiger partial charge in [0.15, 0.2) is 5.78 Å². The van der Waals surface area contributed by atoms with Crippen molar-refractivity contribution in [1.82, 2.24) is 0 Å². The molecular formula is C26H17Cl2NO3. The molecule has 0 atom stereocenters. The van der Waals surface area contributed by atoms with Crippen molar-refractivity contribution in [2.45, 2.75) is 0 Å². The summed E-state index contributed by atoms with van der Waals surface area (Å²) in [6.45, 7) is 0. The Morgan fingerprint density at radius 3 is 2.22 bits per heavy atom. The maximum atomic E-state index is 12.6. The van der Waals surface area contributed by atoms with Crippen LogP contribution >= 0.6 is 23.2 Å². The summed E-state index contributed by atoms with van der Waals surface area (Å²) in [6, 6.07) is 24.3. The topological polar surface area (TPSA) is 59.3 Å². The van der Waals surface area contributed by atoms with Crippen LogP contribution < -0.4 is 5.32 Å². The molecule has 0 saturated heterocycles. The molecule has 0 fully saturated rings. The zero-order valence-electron chi connectivity index (χ0n) is 16.7. The van der Waals surface area contributed by atoms with Gasteiger partial charge in [-0.25, -0.2) is 0 Å². The maximum Gasteiger partial charge on any atom is 0.255 e. The number of ketones is 1. The highest BCUT2D eigenvalue weighted by Crippen LogP contribution is 2.35. The van der Waals surface area contributed by atoms with Crippen molar-refractivity contribution >= 4 is 46.7 Å². The highest BCUT2D eigenvalue weighted by molar-refractivity contribution is 6.39. The standard InChI is InChI=1S/C26H17Cl2NO3/c27-21-10-5-11-22(28)25(21)24-15-13-20(32-24)12-14-23(30)18-8-4-9-19(16-18)29-26(31)17-6-2-1-3-7-17/h1-16H,(H,29,31)/b14-12+. The molecule has 32 heavy (non-hydrogen) atoms. The second-order valence-electron chi connectivity index (χ2n) is 6.90. The number of anilines is 1. The number of benzene rings is 3. The van der Waals surface area contributed by atoms with Crippen LogP contribution in [0.5, 0.6) is 0 Å². The molecule has 0 bridgehead atoms. The highest BCUT2D eigenvalue weighted by Gasteiger charge is 2.12. The van der Waals surface area contributed by atoms with Crippen molar-refractivity contribution in [3.63, 3.8) is 0 Å². The van der Waals surface area contributed by atoms with Crippen molar-refractivity contribution in [3.05, 3.63) is 118 Å². The molecule has 0 aliphatic heterocycles. The van der Waals surface area contributed by atoms with Gasteiger partial charge in [-0.3, -0.25) is 9.59 Å². The number of halogens is 2. The lowest BCUT2D eigenvalue weighted by Crippen LogP contribution is -2.12. The quantitative estimate of drug-likeness (QED) is 0.240. The minimum atomic E-state index is -0.243. The van der Waals surface area contributed by atoms with E-state index < -0.39 is 0 Å². The summed E-state index contributed by atoms with van der Waals surface area (Å²) >= 11 is 12.4. The zero-order valence-corrected chi connectivity index (χ0v) is 18.2. The third-order valence-electron chi connectivity index (χ3n) is 4.68. The van der Waals surface area contributed by atoms with Crippen LogP contribution in [0.4, 0.5) is 5.69 Å². The van der Waals surface area contributed by atoms with Crippen LogP contribution in [0.3, 0.4) is 0 Å². The summed E-state index contributed by atoms with van der Waals surface area (Å²) < 4.78 is 5.78. The summed E-state index contributed by atoms with van der Waals surface area (Å²) in [4.78, 5) is 25.0. The lowest BCUT2D eigenvalue weighted by Gasteiger charge is -2.06. The van der Waals surface area contributed by atoms with Gasteiger partial charge in [0.25, 0.3) is 5.91 Å². The second-order valence-corrected chi connectivity index (χ2v) is 7.71. The highest BCUT2D eigenvalue weighted by atomic mass is 35.5. The van der Waals surface area contributed by atoms with Crippen molar-refractivity contribution in [2.24, 2.45) is 0 Å². The molecule has 1 amide bonds. The lowest BCUT2D eigenvalue weighted by molar-refractivity contribution is 0.102. The molecule has 0 saturated carbocycles. The van der Waals surface area contributed by atoms with Crippen LogP contribution in [-0.4, -0.2) is 11.7 Å². The number of allylic oxidation sites excluding steroid dienone is 1. The van der Waals surface area contributed by atoms with E-state index in [0.29, 0.717) is 43.9 Å². The lowest BCUT2D eigenvalue weighted by atomic mass is 10.1. The first-order valence-corrected chi connectivity index (χ1v) is 10.5. The van der Waals surface area contributed by atoms with Gasteiger partial charge in [-0.1, -0.05) is 59.6 Å². The fraction of sp³-hybridized carbons (Fsp3) is 0. The first-order chi connectivity index (χ1) is 15.5. The molecule has 6 heteroatoms. The van der Waals surface area contributed by atoms with Gasteiger partial charge in [-0.2, -0.15) is 0 Å². The normalized spacial score (nSPS) is 10.9. The Bertz CT molecular complexity index is 1290. The number of carbonyl (C=O) groups excluding carboxylic acids is 2. The molecule has 0 aliphatic rings. The van der Waals surface area contributed by atoms with E-state index in [-0.39, 0.29) is 11.7 Å². The molecule has 1 N–H and O–H groups in total. The van der Waals surface area contributed by atoms with Crippen LogP contribution in [0.15, 0.2) is 95.4 Å². The predicted molar refractivity (Wildman–Crippen MR) is 128 cm³/mol. The van der Waals surface area contributed by atoms with Gasteiger partial charge < -0.3 is 9.73 Å². The molecule has 0 aliphatic carbocycles. The summed E-state index contributed by atoms with van der Waals surface area (Å²) in [5.41, 5.74) is 2.11. The Morgan fingerprint density at radius 1 is 0.781 bits per heavy atom. The minimum Gasteiger partial charge on any atom is -0.457 e. The summed E-state index contributed by atoms with van der Waals surface area (Å²) in [5, 5.41) is 3.76. The number of amides is 1. The number of nitrogens with one attached hydrogen (secondary N) is 1. The molecule has 4 aromatic rings. The van der Waals surface area contributed by atoms with Gasteiger partial charge in [-0.15, -0.1) is 0 Å². The van der Waals surface area contributed by atoms with Crippen molar-refractivity contribution in [3.8, 4) is 11.3 Å². The van der Waals surface area contributed by atoms with Crippen LogP contribution in [0, 0.1) is 0 Å². The molecule has 1 heterocycles. The first-order valence-electron chi connectivity index (χ1n) is 9.74. The van der Waals surface area contributed by atoms with Crippen LogP contribution in [0.1, 0.15) is 26.5 Å². The van der Waals surface area contributed by atoms with E-state index in [9.17, 15) is 9.59 Å². The number of hydrogen-bond acceptors (Lipinski definition) is 3. The molecule has 4 nitrogen and oxygen atoms in total. The fourth-order valence-corrected chi connectivity index (χ4v) is 3.69. The third-order valence-corrected chi connectivity index (χ3v) is 5.31. The van der Waals surface area contributed by atoms with Gasteiger partial charge in [0.1, 0.15) is 11.5 Å². The first kappa shape index (κ1) is 21.6. The molecule has 1 aromatic heterocycles. The van der Waals surface area contributed by atoms with E-state index in [0.717, 1.165) is 0 Å². The van der Waals surface area contributed by atoms with E-state index >= 15 is 0 Å². The Morgan fingerprint density at radius 2 is 1.47 bits per heavy atom. The van der Waals surface area contributed by atoms with E-state index in [1.807, 2.05) is 6.07 Å². The number of rotatable bonds is 6. The molecule has 158 valence electrons. The van der Waals surface area contributed by atoms with Gasteiger partial charge in [0.05, 0.1) is 15.6 Å². The predicted octanol–water partition coefficient (Wildman–Crippen LogP) is 7.40. The molecule has 0 spiro atoms. The SMILES string of the molecule is O=C(/C=C/c1ccc(-c2c(Cl)cccc2Cl)o1)c1cccc(NC(=O)c2ccccc2)c1. The molecule has 3 aromatic carbocycles. The van der Waals surface area contributed by atoms with E-state index in [4.69, 9.17) is 27.6 Å². The molecule has 0 radical (unpaired) electrons. The molecular weight excluding hydrogens is 445 g/mol. The van der Waals surface area contributed by atoms with E-state index in [1.54, 1.807) is 84.9 Å². The van der Waals surface area contributed by atoms with Crippen molar-refractivity contribution in [2.75, 3.05) is 5.32 Å². The Balaban J connectivity index is 1.47. The number of hydrogen-bond donors (Lipinski definition) is 1. The van der Waals surface area contributed by atoms with E-state index in [2.05, 4.69) is 5.32 Å². The maximum absolute atomic E-state index is 12.6. The van der Waals surface area contributed by atoms with Crippen LogP contribution in [-0.2, 0) is 0 Å². The van der Waals surface area contributed by atoms with Crippen LogP contribution in [0.25, 0.3) is 17.4 Å². The summed E-state index contributed by atoms with van der Waals surface area (Å²) in [7, 11) is 0. The van der Waals surface area contributed by atoms with Gasteiger partial charge in [0, 0.05) is 16.8 Å². The third kappa shape index (κ3) is 4.99. The van der Waals surface area contributed by atoms with Crippen LogP contribution in [0.2, 0.25) is 10.0 Å². The Labute approximate surface area is 195 Å². The molecule has 4 rings (SSSR count). The smallest absolute Gasteiger partial charge is 0.255 e. The van der Waals surface area contributed by atoms with Gasteiger partial charge in [-0.05, 0) is 60.7 Å². The second kappa shape index (κ2) is 9.69. The fourth-order valence-electron chi connectivity index (χ4n) is 3.11. The minimum absolute atomic E-state index is 0.227.